The van der Waals surface area contributed by atoms with Gasteiger partial charge in [0.05, 0.1) is 6.26 Å². The van der Waals surface area contributed by atoms with Crippen molar-refractivity contribution in [2.24, 2.45) is 0 Å². The predicted molar refractivity (Wildman–Crippen MR) is 79.0 cm³/mol. The minimum atomic E-state index is 0.00802. The number of hydrogen-bond donors (Lipinski definition) is 0. The molecule has 3 heterocycles. The average molecular weight is 282 g/mol. The Morgan fingerprint density at radius 3 is 2.67 bits per heavy atom. The molecule has 2 aliphatic heterocycles. The SMILES string of the molecule is O=C(c1ccco1)N1CC(N2CCc3ccccc3C2)C1. The fraction of sp³-hybridized carbons (Fsp3) is 0.353. The fourth-order valence-corrected chi connectivity index (χ4v) is 3.24. The van der Waals surface area contributed by atoms with Crippen LogP contribution in [0.25, 0.3) is 0 Å². The van der Waals surface area contributed by atoms with Gasteiger partial charge in [-0.1, -0.05) is 24.3 Å². The van der Waals surface area contributed by atoms with Crippen molar-refractivity contribution in [1.29, 1.82) is 0 Å². The number of hydrogen-bond acceptors (Lipinski definition) is 3. The topological polar surface area (TPSA) is 36.7 Å². The summed E-state index contributed by atoms with van der Waals surface area (Å²) in [5, 5.41) is 0. The number of carbonyl (C=O) groups is 1. The quantitative estimate of drug-likeness (QED) is 0.847. The van der Waals surface area contributed by atoms with Crippen LogP contribution in [0.2, 0.25) is 0 Å². The van der Waals surface area contributed by atoms with Crippen LogP contribution in [0.5, 0.6) is 0 Å². The highest BCUT2D eigenvalue weighted by molar-refractivity contribution is 5.92. The maximum absolute atomic E-state index is 12.1. The zero-order chi connectivity index (χ0) is 14.2. The Hall–Kier alpha value is -2.07. The van der Waals surface area contributed by atoms with E-state index in [1.165, 1.54) is 11.1 Å². The molecule has 1 saturated heterocycles. The Bertz CT molecular complexity index is 645. The Kier molecular flexibility index (Phi) is 3.04. The summed E-state index contributed by atoms with van der Waals surface area (Å²) in [5.74, 6) is 0.450. The summed E-state index contributed by atoms with van der Waals surface area (Å²) in [6, 6.07) is 12.6. The average Bonchev–Trinajstić information content (AvgIpc) is 2.99. The summed E-state index contributed by atoms with van der Waals surface area (Å²) in [7, 11) is 0. The van der Waals surface area contributed by atoms with Gasteiger partial charge in [-0.05, 0) is 29.7 Å². The molecule has 2 aliphatic rings. The molecule has 0 spiro atoms. The van der Waals surface area contributed by atoms with Gasteiger partial charge in [0.2, 0.25) is 0 Å². The van der Waals surface area contributed by atoms with Gasteiger partial charge in [-0.2, -0.15) is 0 Å². The van der Waals surface area contributed by atoms with Gasteiger partial charge in [-0.3, -0.25) is 9.69 Å². The molecule has 0 atom stereocenters. The van der Waals surface area contributed by atoms with Crippen LogP contribution in [-0.2, 0) is 13.0 Å². The molecule has 0 radical (unpaired) electrons. The van der Waals surface area contributed by atoms with E-state index in [1.54, 1.807) is 18.4 Å². The molecule has 4 nitrogen and oxygen atoms in total. The molecule has 2 aromatic rings. The summed E-state index contributed by atoms with van der Waals surface area (Å²) in [6.07, 6.45) is 2.66. The van der Waals surface area contributed by atoms with Crippen molar-refractivity contribution in [1.82, 2.24) is 9.80 Å². The van der Waals surface area contributed by atoms with Crippen LogP contribution < -0.4 is 0 Å². The summed E-state index contributed by atoms with van der Waals surface area (Å²) in [5.41, 5.74) is 2.90. The maximum Gasteiger partial charge on any atom is 0.289 e. The molecule has 4 rings (SSSR count). The van der Waals surface area contributed by atoms with Gasteiger partial charge in [-0.15, -0.1) is 0 Å². The molecular weight excluding hydrogens is 264 g/mol. The molecule has 0 N–H and O–H groups in total. The first kappa shape index (κ1) is 12.7. The van der Waals surface area contributed by atoms with Crippen molar-refractivity contribution in [3.05, 3.63) is 59.5 Å². The van der Waals surface area contributed by atoms with Crippen LogP contribution in [0.4, 0.5) is 0 Å². The zero-order valence-corrected chi connectivity index (χ0v) is 11.9. The predicted octanol–water partition coefficient (Wildman–Crippen LogP) is 2.16. The molecule has 0 bridgehead atoms. The number of fused-ring (bicyclic) bond motifs is 1. The highest BCUT2D eigenvalue weighted by atomic mass is 16.3. The normalized spacial score (nSPS) is 19.1. The number of amides is 1. The first-order valence-corrected chi connectivity index (χ1v) is 7.45. The second-order valence-electron chi connectivity index (χ2n) is 5.83. The van der Waals surface area contributed by atoms with Crippen molar-refractivity contribution in [3.8, 4) is 0 Å². The highest BCUT2D eigenvalue weighted by Gasteiger charge is 2.36. The van der Waals surface area contributed by atoms with Crippen LogP contribution in [0.15, 0.2) is 47.1 Å². The minimum absolute atomic E-state index is 0.00802. The number of benzene rings is 1. The van der Waals surface area contributed by atoms with E-state index in [1.807, 2.05) is 4.90 Å². The van der Waals surface area contributed by atoms with Crippen molar-refractivity contribution in [2.45, 2.75) is 19.0 Å². The lowest BCUT2D eigenvalue weighted by Crippen LogP contribution is -2.61. The van der Waals surface area contributed by atoms with Gasteiger partial charge in [0.15, 0.2) is 5.76 Å². The van der Waals surface area contributed by atoms with Crippen LogP contribution in [-0.4, -0.2) is 41.4 Å². The minimum Gasteiger partial charge on any atom is -0.459 e. The monoisotopic (exact) mass is 282 g/mol. The van der Waals surface area contributed by atoms with Gasteiger partial charge < -0.3 is 9.32 Å². The van der Waals surface area contributed by atoms with Gasteiger partial charge in [0, 0.05) is 32.2 Å². The Morgan fingerprint density at radius 1 is 1.10 bits per heavy atom. The first-order valence-electron chi connectivity index (χ1n) is 7.45. The molecule has 21 heavy (non-hydrogen) atoms. The van der Waals surface area contributed by atoms with E-state index >= 15 is 0 Å². The molecule has 1 aromatic heterocycles. The van der Waals surface area contributed by atoms with Crippen molar-refractivity contribution < 1.29 is 9.21 Å². The molecule has 4 heteroatoms. The highest BCUT2D eigenvalue weighted by Crippen LogP contribution is 2.25. The third-order valence-electron chi connectivity index (χ3n) is 4.56. The summed E-state index contributed by atoms with van der Waals surface area (Å²) >= 11 is 0. The summed E-state index contributed by atoms with van der Waals surface area (Å²) < 4.78 is 5.17. The van der Waals surface area contributed by atoms with Gasteiger partial charge in [-0.25, -0.2) is 0 Å². The van der Waals surface area contributed by atoms with E-state index < -0.39 is 0 Å². The number of nitrogens with zero attached hydrogens (tertiary/aromatic N) is 2. The zero-order valence-electron chi connectivity index (χ0n) is 11.9. The van der Waals surface area contributed by atoms with E-state index in [0.717, 1.165) is 32.6 Å². The summed E-state index contributed by atoms with van der Waals surface area (Å²) in [4.78, 5) is 16.5. The standard InChI is InChI=1S/C17H18N2O2/c20-17(16-6-3-9-21-16)19-11-15(12-19)18-8-7-13-4-1-2-5-14(13)10-18/h1-6,9,15H,7-8,10-12H2. The van der Waals surface area contributed by atoms with E-state index in [2.05, 4.69) is 29.2 Å². The Morgan fingerprint density at radius 2 is 1.90 bits per heavy atom. The molecule has 0 aliphatic carbocycles. The number of furan rings is 1. The molecule has 0 unspecified atom stereocenters. The number of carbonyl (C=O) groups excluding carboxylic acids is 1. The first-order chi connectivity index (χ1) is 10.3. The van der Waals surface area contributed by atoms with Gasteiger partial charge >= 0.3 is 0 Å². The Balaban J connectivity index is 1.38. The van der Waals surface area contributed by atoms with Crippen molar-refractivity contribution in [3.63, 3.8) is 0 Å². The molecule has 1 aromatic carbocycles. The third kappa shape index (κ3) is 2.25. The molecule has 0 saturated carbocycles. The number of likely N-dealkylation sites (tertiary alicyclic amines) is 1. The second kappa shape index (κ2) is 5.04. The third-order valence-corrected chi connectivity index (χ3v) is 4.56. The van der Waals surface area contributed by atoms with Crippen LogP contribution in [0, 0.1) is 0 Å². The summed E-state index contributed by atoms with van der Waals surface area (Å²) in [6.45, 7) is 3.71. The van der Waals surface area contributed by atoms with Gasteiger partial charge in [0.1, 0.15) is 0 Å². The molecule has 1 fully saturated rings. The maximum atomic E-state index is 12.1. The van der Waals surface area contributed by atoms with Gasteiger partial charge in [0.25, 0.3) is 5.91 Å². The molecular formula is C17H18N2O2. The van der Waals surface area contributed by atoms with E-state index in [9.17, 15) is 4.79 Å². The lowest BCUT2D eigenvalue weighted by atomic mass is 9.96. The molecule has 108 valence electrons. The van der Waals surface area contributed by atoms with Crippen molar-refractivity contribution >= 4 is 5.91 Å². The largest absolute Gasteiger partial charge is 0.459 e. The number of rotatable bonds is 2. The van der Waals surface area contributed by atoms with Crippen LogP contribution in [0.1, 0.15) is 21.7 Å². The fourth-order valence-electron chi connectivity index (χ4n) is 3.24. The molecule has 1 amide bonds. The van der Waals surface area contributed by atoms with Crippen LogP contribution in [0.3, 0.4) is 0 Å². The van der Waals surface area contributed by atoms with E-state index in [-0.39, 0.29) is 5.91 Å². The van der Waals surface area contributed by atoms with Crippen molar-refractivity contribution in [2.75, 3.05) is 19.6 Å². The lowest BCUT2D eigenvalue weighted by molar-refractivity contribution is 0.0196. The Labute approximate surface area is 124 Å². The second-order valence-corrected chi connectivity index (χ2v) is 5.83. The van der Waals surface area contributed by atoms with Crippen LogP contribution >= 0.6 is 0 Å². The smallest absolute Gasteiger partial charge is 0.289 e. The van der Waals surface area contributed by atoms with E-state index in [4.69, 9.17) is 4.42 Å². The van der Waals surface area contributed by atoms with E-state index in [0.29, 0.717) is 11.8 Å². The lowest BCUT2D eigenvalue weighted by Gasteiger charge is -2.46.